The van der Waals surface area contributed by atoms with Crippen LogP contribution in [0.5, 0.6) is 0 Å². The molecule has 1 aliphatic heterocycles. The molecular formula is C19H23BN4O. The highest BCUT2D eigenvalue weighted by Crippen LogP contribution is 2.21. The number of piperidine rings is 1. The van der Waals surface area contributed by atoms with Gasteiger partial charge in [-0.2, -0.15) is 0 Å². The summed E-state index contributed by atoms with van der Waals surface area (Å²) in [6.45, 7) is 2.19. The molecule has 0 unspecified atom stereocenters. The fourth-order valence-corrected chi connectivity index (χ4v) is 3.15. The van der Waals surface area contributed by atoms with E-state index < -0.39 is 0 Å². The first-order chi connectivity index (χ1) is 12.0. The maximum Gasteiger partial charge on any atom is 0.256 e. The molecule has 0 bridgehead atoms. The van der Waals surface area contributed by atoms with Gasteiger partial charge in [0.1, 0.15) is 19.5 Å². The second kappa shape index (κ2) is 7.70. The number of nitrogens with one attached hydrogen (secondary N) is 1. The van der Waals surface area contributed by atoms with Gasteiger partial charge in [0.25, 0.3) is 5.91 Å². The predicted octanol–water partition coefficient (Wildman–Crippen LogP) is 1.66. The van der Waals surface area contributed by atoms with Gasteiger partial charge in [0.2, 0.25) is 0 Å². The van der Waals surface area contributed by atoms with Gasteiger partial charge >= 0.3 is 0 Å². The zero-order chi connectivity index (χ0) is 17.8. The van der Waals surface area contributed by atoms with Crippen molar-refractivity contribution < 1.29 is 4.79 Å². The minimum Gasteiger partial charge on any atom is -0.357 e. The lowest BCUT2D eigenvalue weighted by atomic mass is 9.90. The average molecular weight is 334 g/mol. The molecule has 3 rings (SSSR count). The molecule has 2 aromatic rings. The third-order valence-corrected chi connectivity index (χ3v) is 4.78. The number of aromatic nitrogens is 1. The van der Waals surface area contributed by atoms with E-state index in [1.807, 2.05) is 18.2 Å². The zero-order valence-corrected chi connectivity index (χ0v) is 14.8. The van der Waals surface area contributed by atoms with E-state index in [0.29, 0.717) is 22.9 Å². The van der Waals surface area contributed by atoms with Crippen molar-refractivity contribution in [1.82, 2.24) is 9.88 Å². The van der Waals surface area contributed by atoms with Gasteiger partial charge in [0.15, 0.2) is 0 Å². The van der Waals surface area contributed by atoms with E-state index in [0.717, 1.165) is 31.7 Å². The maximum absolute atomic E-state index is 12.4. The molecule has 5 nitrogen and oxygen atoms in total. The molecule has 25 heavy (non-hydrogen) atoms. The normalized spacial score (nSPS) is 15.8. The number of carbonyl (C=O) groups excluding carboxylic acids is 1. The highest BCUT2D eigenvalue weighted by atomic mass is 16.1. The SMILES string of the molecule is [B]c1ccccc1C(=O)Nc1cccc(N(C)C2CCN(C)CC2)n1. The van der Waals surface area contributed by atoms with E-state index in [1.165, 1.54) is 0 Å². The van der Waals surface area contributed by atoms with Gasteiger partial charge in [-0.15, -0.1) is 0 Å². The summed E-state index contributed by atoms with van der Waals surface area (Å²) in [5.74, 6) is 1.16. The first-order valence-electron chi connectivity index (χ1n) is 8.59. The summed E-state index contributed by atoms with van der Waals surface area (Å²) in [6.07, 6.45) is 2.23. The van der Waals surface area contributed by atoms with Crippen molar-refractivity contribution in [2.75, 3.05) is 37.4 Å². The van der Waals surface area contributed by atoms with Crippen LogP contribution in [0, 0.1) is 0 Å². The van der Waals surface area contributed by atoms with Crippen molar-refractivity contribution in [2.45, 2.75) is 18.9 Å². The predicted molar refractivity (Wildman–Crippen MR) is 103 cm³/mol. The van der Waals surface area contributed by atoms with E-state index in [4.69, 9.17) is 7.85 Å². The third-order valence-electron chi connectivity index (χ3n) is 4.78. The van der Waals surface area contributed by atoms with E-state index >= 15 is 0 Å². The topological polar surface area (TPSA) is 48.5 Å². The van der Waals surface area contributed by atoms with E-state index in [-0.39, 0.29) is 5.91 Å². The number of benzene rings is 1. The van der Waals surface area contributed by atoms with Crippen LogP contribution in [-0.2, 0) is 0 Å². The molecule has 0 saturated carbocycles. The monoisotopic (exact) mass is 334 g/mol. The number of hydrogen-bond acceptors (Lipinski definition) is 4. The third kappa shape index (κ3) is 4.20. The summed E-state index contributed by atoms with van der Waals surface area (Å²) in [5.41, 5.74) is 0.915. The fourth-order valence-electron chi connectivity index (χ4n) is 3.15. The molecule has 0 aliphatic carbocycles. The Bertz CT molecular complexity index is 744. The molecule has 0 atom stereocenters. The van der Waals surface area contributed by atoms with Crippen molar-refractivity contribution in [1.29, 1.82) is 0 Å². The standard InChI is InChI=1S/C19H23BN4O/c1-23-12-10-14(11-13-23)24(2)18-9-5-8-17(21-18)22-19(25)15-6-3-4-7-16(15)20/h3-9,14H,10-13H2,1-2H3,(H,21,22,25). The van der Waals surface area contributed by atoms with E-state index in [9.17, 15) is 4.79 Å². The van der Waals surface area contributed by atoms with Gasteiger partial charge in [0.05, 0.1) is 0 Å². The lowest BCUT2D eigenvalue weighted by Gasteiger charge is -2.35. The molecular weight excluding hydrogens is 311 g/mol. The zero-order valence-electron chi connectivity index (χ0n) is 14.8. The highest BCUT2D eigenvalue weighted by molar-refractivity contribution is 6.37. The van der Waals surface area contributed by atoms with E-state index in [1.54, 1.807) is 24.3 Å². The van der Waals surface area contributed by atoms with Gasteiger partial charge in [-0.05, 0) is 45.1 Å². The quantitative estimate of drug-likeness (QED) is 0.864. The Hall–Kier alpha value is -2.34. The Morgan fingerprint density at radius 1 is 1.20 bits per heavy atom. The van der Waals surface area contributed by atoms with Gasteiger partial charge in [0, 0.05) is 18.7 Å². The molecule has 2 radical (unpaired) electrons. The fraction of sp³-hybridized carbons (Fsp3) is 0.368. The molecule has 1 amide bonds. The van der Waals surface area contributed by atoms with Crippen molar-refractivity contribution >= 4 is 30.9 Å². The highest BCUT2D eigenvalue weighted by Gasteiger charge is 2.21. The maximum atomic E-state index is 12.4. The summed E-state index contributed by atoms with van der Waals surface area (Å²) >= 11 is 0. The molecule has 1 aliphatic rings. The molecule has 1 saturated heterocycles. The first kappa shape index (κ1) is 17.5. The second-order valence-electron chi connectivity index (χ2n) is 6.57. The summed E-state index contributed by atoms with van der Waals surface area (Å²) < 4.78 is 0. The van der Waals surface area contributed by atoms with Crippen molar-refractivity contribution in [2.24, 2.45) is 0 Å². The minimum absolute atomic E-state index is 0.246. The Kier molecular flexibility index (Phi) is 5.39. The number of likely N-dealkylation sites (tertiary alicyclic amines) is 1. The van der Waals surface area contributed by atoms with Crippen LogP contribution in [0.1, 0.15) is 23.2 Å². The molecule has 128 valence electrons. The summed E-state index contributed by atoms with van der Waals surface area (Å²) in [7, 11) is 10.1. The smallest absolute Gasteiger partial charge is 0.256 e. The van der Waals surface area contributed by atoms with Crippen molar-refractivity contribution in [3.8, 4) is 0 Å². The Labute approximate surface area is 150 Å². The number of amides is 1. The number of rotatable bonds is 4. The van der Waals surface area contributed by atoms with Crippen molar-refractivity contribution in [3.63, 3.8) is 0 Å². The van der Waals surface area contributed by atoms with Gasteiger partial charge in [-0.25, -0.2) is 4.98 Å². The van der Waals surface area contributed by atoms with Crippen LogP contribution in [0.25, 0.3) is 0 Å². The Morgan fingerprint density at radius 2 is 1.92 bits per heavy atom. The average Bonchev–Trinajstić information content (AvgIpc) is 2.62. The largest absolute Gasteiger partial charge is 0.357 e. The second-order valence-corrected chi connectivity index (χ2v) is 6.57. The number of nitrogens with zero attached hydrogens (tertiary/aromatic N) is 3. The van der Waals surface area contributed by atoms with Crippen LogP contribution in [0.15, 0.2) is 42.5 Å². The first-order valence-corrected chi connectivity index (χ1v) is 8.59. The molecule has 1 N–H and O–H groups in total. The van der Waals surface area contributed by atoms with Crippen LogP contribution >= 0.6 is 0 Å². The number of anilines is 2. The number of carbonyl (C=O) groups is 1. The lowest BCUT2D eigenvalue weighted by Crippen LogP contribution is -2.42. The number of pyridine rings is 1. The molecule has 1 aromatic carbocycles. The van der Waals surface area contributed by atoms with Gasteiger partial charge < -0.3 is 15.1 Å². The van der Waals surface area contributed by atoms with E-state index in [2.05, 4.69) is 34.2 Å². The van der Waals surface area contributed by atoms with Gasteiger partial charge in [-0.1, -0.05) is 35.8 Å². The van der Waals surface area contributed by atoms with Crippen LogP contribution < -0.4 is 15.7 Å². The summed E-state index contributed by atoms with van der Waals surface area (Å²) in [4.78, 5) is 21.6. The number of hydrogen-bond donors (Lipinski definition) is 1. The Morgan fingerprint density at radius 3 is 2.64 bits per heavy atom. The molecule has 2 heterocycles. The van der Waals surface area contributed by atoms with Gasteiger partial charge in [-0.3, -0.25) is 4.79 Å². The lowest BCUT2D eigenvalue weighted by molar-refractivity contribution is 0.102. The molecule has 6 heteroatoms. The van der Waals surface area contributed by atoms with Crippen LogP contribution in [0.3, 0.4) is 0 Å². The molecule has 1 aromatic heterocycles. The molecule has 0 spiro atoms. The van der Waals surface area contributed by atoms with Crippen LogP contribution in [-0.4, -0.2) is 56.9 Å². The summed E-state index contributed by atoms with van der Waals surface area (Å²) in [5, 5.41) is 2.84. The van der Waals surface area contributed by atoms with Crippen LogP contribution in [0.2, 0.25) is 0 Å². The van der Waals surface area contributed by atoms with Crippen molar-refractivity contribution in [3.05, 3.63) is 48.0 Å². The minimum atomic E-state index is -0.246. The van der Waals surface area contributed by atoms with Crippen LogP contribution in [0.4, 0.5) is 11.6 Å². The summed E-state index contributed by atoms with van der Waals surface area (Å²) in [6, 6.07) is 13.2. The molecule has 1 fully saturated rings. The Balaban J connectivity index is 1.71.